The maximum absolute atomic E-state index is 12.8. The average molecular weight is 388 g/mol. The minimum Gasteiger partial charge on any atom is -0.478 e. The van der Waals surface area contributed by atoms with E-state index in [9.17, 15) is 31.5 Å². The highest BCUT2D eigenvalue weighted by atomic mass is 32.2. The summed E-state index contributed by atoms with van der Waals surface area (Å²) in [5, 5.41) is 11.9. The number of anilines is 2. The number of carbonyl (C=O) groups is 1. The average Bonchev–Trinajstić information content (AvgIpc) is 2.54. The Morgan fingerprint density at radius 1 is 1.12 bits per heavy atom. The van der Waals surface area contributed by atoms with Crippen LogP contribution < -0.4 is 5.32 Å². The Hall–Kier alpha value is -2.59. The number of carboxylic acid groups (broad SMARTS) is 1. The van der Waals surface area contributed by atoms with Crippen molar-refractivity contribution in [2.24, 2.45) is 0 Å². The quantitative estimate of drug-likeness (QED) is 0.820. The number of rotatable bonds is 5. The van der Waals surface area contributed by atoms with E-state index in [1.54, 1.807) is 0 Å². The molecule has 6 nitrogen and oxygen atoms in total. The first-order valence-electron chi connectivity index (χ1n) is 7.17. The van der Waals surface area contributed by atoms with E-state index in [0.29, 0.717) is 0 Å². The maximum atomic E-state index is 12.8. The molecule has 2 N–H and O–H groups in total. The van der Waals surface area contributed by atoms with Gasteiger partial charge in [0.05, 0.1) is 21.7 Å². The van der Waals surface area contributed by atoms with E-state index in [1.165, 1.54) is 38.4 Å². The zero-order valence-electron chi connectivity index (χ0n) is 13.7. The molecular formula is C16H15F3N2O4S. The zero-order chi connectivity index (χ0) is 19.7. The second kappa shape index (κ2) is 6.96. The Balaban J connectivity index is 2.47. The first-order valence-corrected chi connectivity index (χ1v) is 8.61. The molecule has 0 spiro atoms. The Kier molecular flexibility index (Phi) is 5.28. The van der Waals surface area contributed by atoms with Crippen molar-refractivity contribution < 1.29 is 31.5 Å². The molecule has 0 aliphatic rings. The van der Waals surface area contributed by atoms with Crippen LogP contribution in [-0.2, 0) is 16.2 Å². The van der Waals surface area contributed by atoms with Gasteiger partial charge in [0, 0.05) is 19.8 Å². The van der Waals surface area contributed by atoms with Crippen LogP contribution in [0.2, 0.25) is 0 Å². The monoisotopic (exact) mass is 388 g/mol. The number of carboxylic acids is 1. The molecule has 0 atom stereocenters. The van der Waals surface area contributed by atoms with Gasteiger partial charge in [-0.25, -0.2) is 17.5 Å². The summed E-state index contributed by atoms with van der Waals surface area (Å²) in [5.41, 5.74) is -1.29. The number of hydrogen-bond acceptors (Lipinski definition) is 4. The lowest BCUT2D eigenvalue weighted by molar-refractivity contribution is -0.137. The highest BCUT2D eigenvalue weighted by Gasteiger charge is 2.30. The summed E-state index contributed by atoms with van der Waals surface area (Å²) in [4.78, 5) is 11.2. The van der Waals surface area contributed by atoms with Crippen LogP contribution in [0.1, 0.15) is 15.9 Å². The van der Waals surface area contributed by atoms with E-state index in [1.807, 2.05) is 0 Å². The lowest BCUT2D eigenvalue weighted by Gasteiger charge is -2.15. The second-order valence-corrected chi connectivity index (χ2v) is 7.66. The van der Waals surface area contributed by atoms with Gasteiger partial charge in [0.2, 0.25) is 10.0 Å². The van der Waals surface area contributed by atoms with Gasteiger partial charge < -0.3 is 10.4 Å². The largest absolute Gasteiger partial charge is 0.478 e. The molecular weight excluding hydrogens is 373 g/mol. The molecule has 0 fully saturated rings. The van der Waals surface area contributed by atoms with Crippen LogP contribution >= 0.6 is 0 Å². The summed E-state index contributed by atoms with van der Waals surface area (Å²) in [6.45, 7) is 0. The molecule has 0 bridgehead atoms. The molecule has 10 heteroatoms. The lowest BCUT2D eigenvalue weighted by Crippen LogP contribution is -2.22. The van der Waals surface area contributed by atoms with E-state index < -0.39 is 27.7 Å². The number of hydrogen-bond donors (Lipinski definition) is 2. The van der Waals surface area contributed by atoms with Crippen LogP contribution in [0.4, 0.5) is 24.5 Å². The minimum absolute atomic E-state index is 0.0190. The van der Waals surface area contributed by atoms with Crippen molar-refractivity contribution in [1.29, 1.82) is 0 Å². The molecule has 2 rings (SSSR count). The molecule has 0 amide bonds. The fraction of sp³-hybridized carbons (Fsp3) is 0.188. The summed E-state index contributed by atoms with van der Waals surface area (Å²) >= 11 is 0. The minimum atomic E-state index is -4.54. The van der Waals surface area contributed by atoms with Gasteiger partial charge in [-0.05, 0) is 36.4 Å². The Labute approximate surface area is 147 Å². The molecule has 0 heterocycles. The molecule has 0 unspecified atom stereocenters. The van der Waals surface area contributed by atoms with Crippen LogP contribution in [0.3, 0.4) is 0 Å². The van der Waals surface area contributed by atoms with Gasteiger partial charge in [-0.15, -0.1) is 0 Å². The van der Waals surface area contributed by atoms with Gasteiger partial charge in [-0.2, -0.15) is 13.2 Å². The standard InChI is InChI=1S/C16H15F3N2O4S/c1-21(2)26(24,25)12-6-7-14(13(9-12)15(22)23)20-11-5-3-4-10(8-11)16(17,18)19/h3-9,20H,1-2H3,(H,22,23). The van der Waals surface area contributed by atoms with Gasteiger partial charge in [0.15, 0.2) is 0 Å². The molecule has 0 aromatic heterocycles. The second-order valence-electron chi connectivity index (χ2n) is 5.50. The van der Waals surface area contributed by atoms with E-state index in [-0.39, 0.29) is 21.8 Å². The summed E-state index contributed by atoms with van der Waals surface area (Å²) in [6, 6.07) is 7.55. The van der Waals surface area contributed by atoms with Crippen LogP contribution in [0, 0.1) is 0 Å². The lowest BCUT2D eigenvalue weighted by atomic mass is 10.1. The predicted octanol–water partition coefficient (Wildman–Crippen LogP) is 3.40. The number of nitrogens with one attached hydrogen (secondary N) is 1. The third-order valence-electron chi connectivity index (χ3n) is 3.47. The van der Waals surface area contributed by atoms with E-state index >= 15 is 0 Å². The normalized spacial score (nSPS) is 12.2. The number of benzene rings is 2. The van der Waals surface area contributed by atoms with Crippen molar-refractivity contribution in [3.8, 4) is 0 Å². The van der Waals surface area contributed by atoms with Crippen molar-refractivity contribution in [3.63, 3.8) is 0 Å². The van der Waals surface area contributed by atoms with Crippen molar-refractivity contribution in [2.45, 2.75) is 11.1 Å². The fourth-order valence-corrected chi connectivity index (χ4v) is 3.04. The summed E-state index contributed by atoms with van der Waals surface area (Å²) in [5.74, 6) is -1.42. The SMILES string of the molecule is CN(C)S(=O)(=O)c1ccc(Nc2cccc(C(F)(F)F)c2)c(C(=O)O)c1. The summed E-state index contributed by atoms with van der Waals surface area (Å²) in [7, 11) is -1.26. The van der Waals surface area contributed by atoms with Crippen LogP contribution in [-0.4, -0.2) is 37.9 Å². The molecule has 0 aliphatic heterocycles. The first kappa shape index (κ1) is 19.7. The summed E-state index contributed by atoms with van der Waals surface area (Å²) < 4.78 is 63.5. The number of alkyl halides is 3. The molecule has 26 heavy (non-hydrogen) atoms. The van der Waals surface area contributed by atoms with Gasteiger partial charge in [0.1, 0.15) is 0 Å². The fourth-order valence-electron chi connectivity index (χ4n) is 2.11. The highest BCUT2D eigenvalue weighted by molar-refractivity contribution is 7.89. The molecule has 140 valence electrons. The van der Waals surface area contributed by atoms with Gasteiger partial charge in [0.25, 0.3) is 0 Å². The number of halogens is 3. The molecule has 0 radical (unpaired) electrons. The van der Waals surface area contributed by atoms with Crippen molar-refractivity contribution >= 4 is 27.4 Å². The third-order valence-corrected chi connectivity index (χ3v) is 5.28. The van der Waals surface area contributed by atoms with E-state index in [2.05, 4.69) is 5.32 Å². The number of aromatic carboxylic acids is 1. The van der Waals surface area contributed by atoms with Crippen LogP contribution in [0.15, 0.2) is 47.4 Å². The topological polar surface area (TPSA) is 86.7 Å². The Morgan fingerprint density at radius 3 is 2.31 bits per heavy atom. The van der Waals surface area contributed by atoms with Crippen molar-refractivity contribution in [3.05, 3.63) is 53.6 Å². The number of nitrogens with zero attached hydrogens (tertiary/aromatic N) is 1. The van der Waals surface area contributed by atoms with Gasteiger partial charge in [-0.1, -0.05) is 6.07 Å². The van der Waals surface area contributed by atoms with Crippen molar-refractivity contribution in [1.82, 2.24) is 4.31 Å². The maximum Gasteiger partial charge on any atom is 0.416 e. The first-order chi connectivity index (χ1) is 11.9. The Bertz CT molecular complexity index is 941. The molecule has 2 aromatic rings. The van der Waals surface area contributed by atoms with Crippen LogP contribution in [0.5, 0.6) is 0 Å². The van der Waals surface area contributed by atoms with Crippen molar-refractivity contribution in [2.75, 3.05) is 19.4 Å². The third kappa shape index (κ3) is 4.14. The Morgan fingerprint density at radius 2 is 1.77 bits per heavy atom. The molecule has 0 saturated carbocycles. The van der Waals surface area contributed by atoms with Gasteiger partial charge in [-0.3, -0.25) is 0 Å². The molecule has 2 aromatic carbocycles. The van der Waals surface area contributed by atoms with Gasteiger partial charge >= 0.3 is 12.1 Å². The number of sulfonamides is 1. The zero-order valence-corrected chi connectivity index (χ0v) is 14.5. The summed E-state index contributed by atoms with van der Waals surface area (Å²) in [6.07, 6.45) is -4.54. The predicted molar refractivity (Wildman–Crippen MR) is 89.0 cm³/mol. The van der Waals surface area contributed by atoms with Crippen LogP contribution in [0.25, 0.3) is 0 Å². The van der Waals surface area contributed by atoms with E-state index in [0.717, 1.165) is 22.5 Å². The smallest absolute Gasteiger partial charge is 0.416 e. The molecule has 0 saturated heterocycles. The van der Waals surface area contributed by atoms with E-state index in [4.69, 9.17) is 0 Å². The molecule has 0 aliphatic carbocycles. The highest BCUT2D eigenvalue weighted by Crippen LogP contribution is 2.32.